The lowest BCUT2D eigenvalue weighted by atomic mass is 10.0. The van der Waals surface area contributed by atoms with Gasteiger partial charge >= 0.3 is 0 Å². The highest BCUT2D eigenvalue weighted by Gasteiger charge is 2.34. The molecule has 1 aliphatic heterocycles. The zero-order chi connectivity index (χ0) is 18.8. The van der Waals surface area contributed by atoms with Crippen LogP contribution in [0.2, 0.25) is 0 Å². The number of hydrogen-bond acceptors (Lipinski definition) is 6. The SMILES string of the molecule is Cc1ccc(C2=NN(C(=O)CSc3nc(C)cs3)C(c3ccco3)C2)cc1. The number of carbonyl (C=O) groups is 1. The number of thiazole rings is 1. The van der Waals surface area contributed by atoms with Crippen molar-refractivity contribution in [2.24, 2.45) is 5.10 Å². The maximum atomic E-state index is 12.9. The highest BCUT2D eigenvalue weighted by Crippen LogP contribution is 2.34. The highest BCUT2D eigenvalue weighted by atomic mass is 32.2. The lowest BCUT2D eigenvalue weighted by molar-refractivity contribution is -0.130. The van der Waals surface area contributed by atoms with Crippen molar-refractivity contribution in [2.45, 2.75) is 30.6 Å². The van der Waals surface area contributed by atoms with E-state index in [2.05, 4.69) is 41.3 Å². The molecule has 1 atom stereocenters. The molecule has 1 aliphatic rings. The maximum absolute atomic E-state index is 12.9. The second-order valence-corrected chi connectivity index (χ2v) is 8.51. The van der Waals surface area contributed by atoms with Crippen molar-refractivity contribution in [3.63, 3.8) is 0 Å². The van der Waals surface area contributed by atoms with Gasteiger partial charge in [0.1, 0.15) is 11.8 Å². The van der Waals surface area contributed by atoms with Crippen LogP contribution in [0.3, 0.4) is 0 Å². The third-order valence-corrected chi connectivity index (χ3v) is 6.46. The maximum Gasteiger partial charge on any atom is 0.253 e. The number of hydrogen-bond donors (Lipinski definition) is 0. The lowest BCUT2D eigenvalue weighted by Gasteiger charge is -2.19. The Labute approximate surface area is 166 Å². The van der Waals surface area contributed by atoms with Gasteiger partial charge in [-0.2, -0.15) is 5.10 Å². The van der Waals surface area contributed by atoms with Crippen LogP contribution in [0.5, 0.6) is 0 Å². The number of rotatable bonds is 5. The van der Waals surface area contributed by atoms with E-state index in [-0.39, 0.29) is 11.9 Å². The Morgan fingerprint density at radius 2 is 2.11 bits per heavy atom. The van der Waals surface area contributed by atoms with Crippen LogP contribution in [0.1, 0.15) is 35.0 Å². The summed E-state index contributed by atoms with van der Waals surface area (Å²) in [7, 11) is 0. The molecule has 1 aromatic carbocycles. The second-order valence-electron chi connectivity index (χ2n) is 6.43. The van der Waals surface area contributed by atoms with Crippen LogP contribution < -0.4 is 0 Å². The van der Waals surface area contributed by atoms with Crippen molar-refractivity contribution in [3.05, 3.63) is 70.6 Å². The van der Waals surface area contributed by atoms with Crippen LogP contribution >= 0.6 is 23.1 Å². The highest BCUT2D eigenvalue weighted by molar-refractivity contribution is 8.01. The molecular formula is C20H19N3O2S2. The van der Waals surface area contributed by atoms with Gasteiger partial charge in [0.05, 0.1) is 17.7 Å². The van der Waals surface area contributed by atoms with Crippen LogP contribution in [0.15, 0.2) is 61.9 Å². The van der Waals surface area contributed by atoms with Crippen LogP contribution in [0.4, 0.5) is 0 Å². The van der Waals surface area contributed by atoms with Crippen LogP contribution in [0, 0.1) is 13.8 Å². The Balaban J connectivity index is 1.55. The van der Waals surface area contributed by atoms with E-state index in [4.69, 9.17) is 4.42 Å². The number of benzene rings is 1. The van der Waals surface area contributed by atoms with Crippen molar-refractivity contribution in [1.29, 1.82) is 0 Å². The van der Waals surface area contributed by atoms with Crippen molar-refractivity contribution < 1.29 is 9.21 Å². The molecule has 5 nitrogen and oxygen atoms in total. The van der Waals surface area contributed by atoms with Crippen LogP contribution in [0.25, 0.3) is 0 Å². The van der Waals surface area contributed by atoms with E-state index >= 15 is 0 Å². The minimum atomic E-state index is -0.206. The number of aryl methyl sites for hydroxylation is 2. The van der Waals surface area contributed by atoms with E-state index in [0.29, 0.717) is 12.2 Å². The summed E-state index contributed by atoms with van der Waals surface area (Å²) in [4.78, 5) is 17.3. The average molecular weight is 398 g/mol. The van der Waals surface area contributed by atoms with Crippen molar-refractivity contribution >= 4 is 34.7 Å². The third-order valence-electron chi connectivity index (χ3n) is 4.34. The summed E-state index contributed by atoms with van der Waals surface area (Å²) in [6.07, 6.45) is 2.28. The Hall–Kier alpha value is -2.38. The minimum absolute atomic E-state index is 0.0450. The zero-order valence-corrected chi connectivity index (χ0v) is 16.7. The molecule has 3 aromatic rings. The molecular weight excluding hydrogens is 378 g/mol. The topological polar surface area (TPSA) is 58.7 Å². The van der Waals surface area contributed by atoms with Gasteiger partial charge in [0.2, 0.25) is 0 Å². The minimum Gasteiger partial charge on any atom is -0.467 e. The van der Waals surface area contributed by atoms with E-state index in [1.54, 1.807) is 22.6 Å². The molecule has 7 heteroatoms. The fourth-order valence-electron chi connectivity index (χ4n) is 2.95. The van der Waals surface area contributed by atoms with Crippen LogP contribution in [-0.4, -0.2) is 27.4 Å². The predicted molar refractivity (Wildman–Crippen MR) is 108 cm³/mol. The number of carbonyl (C=O) groups excluding carboxylic acids is 1. The molecule has 0 spiro atoms. The van der Waals surface area contributed by atoms with Gasteiger partial charge < -0.3 is 4.42 Å². The molecule has 138 valence electrons. The first kappa shape index (κ1) is 18.0. The molecule has 1 amide bonds. The number of thioether (sulfide) groups is 1. The first-order chi connectivity index (χ1) is 13.1. The number of furan rings is 1. The summed E-state index contributed by atoms with van der Waals surface area (Å²) in [5.74, 6) is 1.01. The fraction of sp³-hybridized carbons (Fsp3) is 0.250. The fourth-order valence-corrected chi connectivity index (χ4v) is 4.65. The summed E-state index contributed by atoms with van der Waals surface area (Å²) in [6.45, 7) is 4.01. The molecule has 0 fully saturated rings. The van der Waals surface area contributed by atoms with E-state index in [9.17, 15) is 4.79 Å². The van der Waals surface area contributed by atoms with Gasteiger partial charge in [-0.1, -0.05) is 41.6 Å². The van der Waals surface area contributed by atoms with Gasteiger partial charge in [-0.05, 0) is 31.5 Å². The molecule has 2 aromatic heterocycles. The quantitative estimate of drug-likeness (QED) is 0.579. The third kappa shape index (κ3) is 3.99. The standard InChI is InChI=1S/C20H19N3O2S2/c1-13-5-7-15(8-6-13)16-10-17(18-4-3-9-25-18)23(22-16)19(24)12-27-20-21-14(2)11-26-20/h3-9,11,17H,10,12H2,1-2H3. The predicted octanol–water partition coefficient (Wildman–Crippen LogP) is 4.82. The Morgan fingerprint density at radius 1 is 1.30 bits per heavy atom. The monoisotopic (exact) mass is 397 g/mol. The Kier molecular flexibility index (Phi) is 5.13. The molecule has 3 heterocycles. The van der Waals surface area contributed by atoms with Gasteiger partial charge in [-0.15, -0.1) is 11.3 Å². The second kappa shape index (κ2) is 7.70. The number of amides is 1. The first-order valence-electron chi connectivity index (χ1n) is 8.65. The average Bonchev–Trinajstić information content (AvgIpc) is 3.40. The van der Waals surface area contributed by atoms with E-state index < -0.39 is 0 Å². The summed E-state index contributed by atoms with van der Waals surface area (Å²) >= 11 is 3.01. The van der Waals surface area contributed by atoms with Crippen molar-refractivity contribution in [3.8, 4) is 0 Å². The Morgan fingerprint density at radius 3 is 2.78 bits per heavy atom. The molecule has 27 heavy (non-hydrogen) atoms. The number of aromatic nitrogens is 1. The van der Waals surface area contributed by atoms with Crippen molar-refractivity contribution in [1.82, 2.24) is 9.99 Å². The molecule has 0 saturated heterocycles. The Bertz CT molecular complexity index is 962. The van der Waals surface area contributed by atoms with Crippen LogP contribution in [-0.2, 0) is 4.79 Å². The van der Waals surface area contributed by atoms with E-state index in [1.165, 1.54) is 17.3 Å². The first-order valence-corrected chi connectivity index (χ1v) is 10.5. The van der Waals surface area contributed by atoms with Gasteiger partial charge in [-0.3, -0.25) is 4.79 Å². The molecule has 0 bridgehead atoms. The smallest absolute Gasteiger partial charge is 0.253 e. The molecule has 0 N–H and O–H groups in total. The molecule has 0 aliphatic carbocycles. The number of hydrazone groups is 1. The van der Waals surface area contributed by atoms with E-state index in [1.807, 2.05) is 24.4 Å². The molecule has 0 saturated carbocycles. The number of nitrogens with zero attached hydrogens (tertiary/aromatic N) is 3. The van der Waals surface area contributed by atoms with E-state index in [0.717, 1.165) is 27.1 Å². The zero-order valence-electron chi connectivity index (χ0n) is 15.1. The summed E-state index contributed by atoms with van der Waals surface area (Å²) in [5.41, 5.74) is 4.11. The van der Waals surface area contributed by atoms with Crippen molar-refractivity contribution in [2.75, 3.05) is 5.75 Å². The largest absolute Gasteiger partial charge is 0.467 e. The van der Waals surface area contributed by atoms with Gasteiger partial charge in [0.25, 0.3) is 5.91 Å². The molecule has 0 radical (unpaired) electrons. The summed E-state index contributed by atoms with van der Waals surface area (Å²) in [6, 6.07) is 11.8. The normalized spacial score (nSPS) is 16.6. The summed E-state index contributed by atoms with van der Waals surface area (Å²) < 4.78 is 6.48. The lowest BCUT2D eigenvalue weighted by Crippen LogP contribution is -2.28. The molecule has 4 rings (SSSR count). The van der Waals surface area contributed by atoms with Gasteiger partial charge in [0, 0.05) is 17.5 Å². The molecule has 1 unspecified atom stereocenters. The van der Waals surface area contributed by atoms with Gasteiger partial charge in [-0.25, -0.2) is 9.99 Å². The van der Waals surface area contributed by atoms with Gasteiger partial charge in [0.15, 0.2) is 4.34 Å². The summed E-state index contributed by atoms with van der Waals surface area (Å²) in [5, 5.41) is 8.21.